The number of nitrogens with one attached hydrogen (secondary N) is 1. The number of hydrogen-bond donors (Lipinski definition) is 1. The number of aromatic nitrogens is 1. The Morgan fingerprint density at radius 1 is 1.19 bits per heavy atom. The number of rotatable bonds is 7. The maximum Gasteiger partial charge on any atom is 0.246 e. The number of carbonyl (C=O) groups is 1. The molecule has 1 N–H and O–H groups in total. The van der Waals surface area contributed by atoms with Crippen molar-refractivity contribution in [3.05, 3.63) is 81.8 Å². The van der Waals surface area contributed by atoms with E-state index < -0.39 is 0 Å². The molecule has 0 aliphatic rings. The van der Waals surface area contributed by atoms with Crippen LogP contribution in [0.4, 0.5) is 0 Å². The van der Waals surface area contributed by atoms with E-state index in [-0.39, 0.29) is 12.3 Å². The molecule has 0 fully saturated rings. The summed E-state index contributed by atoms with van der Waals surface area (Å²) < 4.78 is 5.87. The van der Waals surface area contributed by atoms with Crippen LogP contribution in [-0.4, -0.2) is 17.1 Å². The molecule has 1 amide bonds. The van der Waals surface area contributed by atoms with E-state index in [1.807, 2.05) is 66.9 Å². The van der Waals surface area contributed by atoms with Gasteiger partial charge in [0, 0.05) is 10.9 Å². The van der Waals surface area contributed by atoms with Crippen molar-refractivity contribution in [3.8, 4) is 5.75 Å². The minimum atomic E-state index is -0.200. The van der Waals surface area contributed by atoms with Gasteiger partial charge in [0.1, 0.15) is 12.4 Å². The molecule has 6 heteroatoms. The Hall–Kier alpha value is -2.99. The van der Waals surface area contributed by atoms with Crippen LogP contribution in [0.2, 0.25) is 0 Å². The van der Waals surface area contributed by atoms with Crippen LogP contribution in [0.15, 0.2) is 65.1 Å². The van der Waals surface area contributed by atoms with Gasteiger partial charge >= 0.3 is 0 Å². The molecule has 1 heterocycles. The average molecular weight is 365 g/mol. The van der Waals surface area contributed by atoms with Crippen LogP contribution < -0.4 is 10.2 Å². The lowest BCUT2D eigenvalue weighted by Gasteiger charge is -2.08. The maximum absolute atomic E-state index is 11.9. The highest BCUT2D eigenvalue weighted by Crippen LogP contribution is 2.17. The SMILES string of the molecule is Cc1nc(CC(=O)N/N=C\c2ccccc2OCc2ccccc2)cs1. The fourth-order valence-electron chi connectivity index (χ4n) is 2.32. The Morgan fingerprint density at radius 3 is 2.73 bits per heavy atom. The number of nitrogens with zero attached hydrogens (tertiary/aromatic N) is 2. The van der Waals surface area contributed by atoms with E-state index in [1.54, 1.807) is 6.21 Å². The number of amides is 1. The van der Waals surface area contributed by atoms with Gasteiger partial charge in [-0.2, -0.15) is 5.10 Å². The molecular weight excluding hydrogens is 346 g/mol. The highest BCUT2D eigenvalue weighted by molar-refractivity contribution is 7.09. The van der Waals surface area contributed by atoms with Crippen molar-refractivity contribution in [1.82, 2.24) is 10.4 Å². The van der Waals surface area contributed by atoms with E-state index in [0.29, 0.717) is 12.4 Å². The van der Waals surface area contributed by atoms with Gasteiger partial charge in [-0.05, 0) is 24.6 Å². The second-order valence-electron chi connectivity index (χ2n) is 5.64. The number of hydrogen-bond acceptors (Lipinski definition) is 5. The predicted molar refractivity (Wildman–Crippen MR) is 104 cm³/mol. The summed E-state index contributed by atoms with van der Waals surface area (Å²) in [5.41, 5.74) is 5.17. The molecule has 26 heavy (non-hydrogen) atoms. The van der Waals surface area contributed by atoms with Crippen LogP contribution in [0.5, 0.6) is 5.75 Å². The van der Waals surface area contributed by atoms with E-state index in [2.05, 4.69) is 15.5 Å². The van der Waals surface area contributed by atoms with Crippen molar-refractivity contribution >= 4 is 23.5 Å². The molecule has 3 rings (SSSR count). The molecule has 0 radical (unpaired) electrons. The third-order valence-corrected chi connectivity index (χ3v) is 4.38. The quantitative estimate of drug-likeness (QED) is 0.513. The summed E-state index contributed by atoms with van der Waals surface area (Å²) in [7, 11) is 0. The molecule has 2 aromatic carbocycles. The highest BCUT2D eigenvalue weighted by atomic mass is 32.1. The van der Waals surface area contributed by atoms with Gasteiger partial charge in [-0.15, -0.1) is 11.3 Å². The lowest BCUT2D eigenvalue weighted by molar-refractivity contribution is -0.120. The summed E-state index contributed by atoms with van der Waals surface area (Å²) in [5, 5.41) is 6.86. The molecule has 5 nitrogen and oxygen atoms in total. The van der Waals surface area contributed by atoms with E-state index in [1.165, 1.54) is 11.3 Å². The molecule has 0 unspecified atom stereocenters. The van der Waals surface area contributed by atoms with Crippen molar-refractivity contribution in [2.75, 3.05) is 0 Å². The van der Waals surface area contributed by atoms with Crippen molar-refractivity contribution in [2.24, 2.45) is 5.10 Å². The van der Waals surface area contributed by atoms with Gasteiger partial charge in [0.05, 0.1) is 23.3 Å². The van der Waals surface area contributed by atoms with Gasteiger partial charge in [-0.25, -0.2) is 10.4 Å². The van der Waals surface area contributed by atoms with Gasteiger partial charge < -0.3 is 4.74 Å². The minimum absolute atomic E-state index is 0.200. The van der Waals surface area contributed by atoms with Gasteiger partial charge in [-0.1, -0.05) is 42.5 Å². The minimum Gasteiger partial charge on any atom is -0.488 e. The first kappa shape index (κ1) is 17.8. The molecular formula is C20H19N3O2S. The highest BCUT2D eigenvalue weighted by Gasteiger charge is 2.06. The van der Waals surface area contributed by atoms with Crippen molar-refractivity contribution < 1.29 is 9.53 Å². The molecule has 3 aromatic rings. The Labute approximate surface area is 156 Å². The zero-order chi connectivity index (χ0) is 18.2. The molecule has 0 aliphatic heterocycles. The molecule has 0 spiro atoms. The first-order valence-electron chi connectivity index (χ1n) is 8.19. The first-order valence-corrected chi connectivity index (χ1v) is 9.07. The lowest BCUT2D eigenvalue weighted by Crippen LogP contribution is -2.20. The average Bonchev–Trinajstić information content (AvgIpc) is 3.06. The van der Waals surface area contributed by atoms with Crippen molar-refractivity contribution in [3.63, 3.8) is 0 Å². The number of hydrazone groups is 1. The fraction of sp³-hybridized carbons (Fsp3) is 0.150. The summed E-state index contributed by atoms with van der Waals surface area (Å²) in [4.78, 5) is 16.2. The smallest absolute Gasteiger partial charge is 0.246 e. The zero-order valence-corrected chi connectivity index (χ0v) is 15.2. The summed E-state index contributed by atoms with van der Waals surface area (Å²) in [6.07, 6.45) is 1.80. The number of para-hydroxylation sites is 1. The monoisotopic (exact) mass is 365 g/mol. The van der Waals surface area contributed by atoms with E-state index >= 15 is 0 Å². The summed E-state index contributed by atoms with van der Waals surface area (Å²) in [6.45, 7) is 2.39. The molecule has 0 atom stereocenters. The Morgan fingerprint density at radius 2 is 1.96 bits per heavy atom. The number of thiazole rings is 1. The van der Waals surface area contributed by atoms with Gasteiger partial charge in [0.15, 0.2) is 0 Å². The number of carbonyl (C=O) groups excluding carboxylic acids is 1. The van der Waals surface area contributed by atoms with Crippen LogP contribution in [0.3, 0.4) is 0 Å². The zero-order valence-electron chi connectivity index (χ0n) is 14.4. The Bertz CT molecular complexity index is 891. The largest absolute Gasteiger partial charge is 0.488 e. The third kappa shape index (κ3) is 5.26. The number of aryl methyl sites for hydroxylation is 1. The van der Waals surface area contributed by atoms with E-state index in [9.17, 15) is 4.79 Å². The number of benzene rings is 2. The van der Waals surface area contributed by atoms with Gasteiger partial charge in [0.2, 0.25) is 5.91 Å². The fourth-order valence-corrected chi connectivity index (χ4v) is 2.93. The number of ether oxygens (including phenoxy) is 1. The summed E-state index contributed by atoms with van der Waals surface area (Å²) in [5.74, 6) is 0.513. The maximum atomic E-state index is 11.9. The van der Waals surface area contributed by atoms with Crippen LogP contribution >= 0.6 is 11.3 Å². The Kier molecular flexibility index (Phi) is 6.11. The Balaban J connectivity index is 1.57. The normalized spacial score (nSPS) is 10.8. The molecule has 1 aromatic heterocycles. The summed E-state index contributed by atoms with van der Waals surface area (Å²) >= 11 is 1.53. The van der Waals surface area contributed by atoms with Crippen molar-refractivity contribution in [1.29, 1.82) is 0 Å². The lowest BCUT2D eigenvalue weighted by atomic mass is 10.2. The van der Waals surface area contributed by atoms with E-state index in [4.69, 9.17) is 4.74 Å². The van der Waals surface area contributed by atoms with Gasteiger partial charge in [0.25, 0.3) is 0 Å². The standard InChI is InChI=1S/C20H19N3O2S/c1-15-22-18(14-26-15)11-20(24)23-21-12-17-9-5-6-10-19(17)25-13-16-7-3-2-4-8-16/h2-10,12,14H,11,13H2,1H3,(H,23,24)/b21-12-. The van der Waals surface area contributed by atoms with Crippen molar-refractivity contribution in [2.45, 2.75) is 20.0 Å². The van der Waals surface area contributed by atoms with E-state index in [0.717, 1.165) is 21.8 Å². The molecule has 0 aliphatic carbocycles. The first-order chi connectivity index (χ1) is 12.7. The van der Waals surface area contributed by atoms with Crippen LogP contribution in [0.1, 0.15) is 21.8 Å². The topological polar surface area (TPSA) is 63.6 Å². The second-order valence-corrected chi connectivity index (χ2v) is 6.70. The molecule has 0 saturated heterocycles. The van der Waals surface area contributed by atoms with Crippen LogP contribution in [0.25, 0.3) is 0 Å². The summed E-state index contributed by atoms with van der Waals surface area (Å²) in [6, 6.07) is 17.5. The predicted octanol–water partition coefficient (Wildman–Crippen LogP) is 3.72. The third-order valence-electron chi connectivity index (χ3n) is 3.56. The van der Waals surface area contributed by atoms with Gasteiger partial charge in [-0.3, -0.25) is 4.79 Å². The van der Waals surface area contributed by atoms with Crippen LogP contribution in [-0.2, 0) is 17.8 Å². The van der Waals surface area contributed by atoms with Crippen LogP contribution in [0, 0.1) is 6.92 Å². The molecule has 0 bridgehead atoms. The molecule has 132 valence electrons. The molecule has 0 saturated carbocycles. The second kappa shape index (κ2) is 8.92.